The molecule has 2 aromatic carbocycles. The number of hydrogen-bond donors (Lipinski definition) is 2. The van der Waals surface area contributed by atoms with Gasteiger partial charge >= 0.3 is 0 Å². The molecule has 0 aromatic heterocycles. The van der Waals surface area contributed by atoms with Crippen molar-refractivity contribution in [1.82, 2.24) is 5.32 Å². The van der Waals surface area contributed by atoms with Crippen molar-refractivity contribution in [2.45, 2.75) is 59.0 Å². The molecular weight excluding hydrogens is 310 g/mol. The van der Waals surface area contributed by atoms with Gasteiger partial charge in [-0.2, -0.15) is 0 Å². The van der Waals surface area contributed by atoms with E-state index in [-0.39, 0.29) is 11.3 Å². The SMILES string of the molecule is COc1cc(CCC(C)NC(C)(C)c2ccc(C)c(C)c2)ccc1O. The molecule has 3 heteroatoms. The van der Waals surface area contributed by atoms with Crippen molar-refractivity contribution in [2.24, 2.45) is 0 Å². The summed E-state index contributed by atoms with van der Waals surface area (Å²) in [6, 6.07) is 12.6. The minimum Gasteiger partial charge on any atom is -0.504 e. The second-order valence-corrected chi connectivity index (χ2v) is 7.51. The van der Waals surface area contributed by atoms with E-state index >= 15 is 0 Å². The van der Waals surface area contributed by atoms with Crippen LogP contribution in [0.15, 0.2) is 36.4 Å². The highest BCUT2D eigenvalue weighted by Crippen LogP contribution is 2.27. The lowest BCUT2D eigenvalue weighted by Gasteiger charge is -2.31. The third kappa shape index (κ3) is 4.99. The molecule has 0 radical (unpaired) electrons. The minimum atomic E-state index is -0.0788. The van der Waals surface area contributed by atoms with Gasteiger partial charge in [0.1, 0.15) is 0 Å². The van der Waals surface area contributed by atoms with Crippen molar-refractivity contribution < 1.29 is 9.84 Å². The molecule has 0 aliphatic rings. The molecule has 0 aliphatic carbocycles. The van der Waals surface area contributed by atoms with E-state index in [1.54, 1.807) is 13.2 Å². The molecule has 3 nitrogen and oxygen atoms in total. The lowest BCUT2D eigenvalue weighted by molar-refractivity contribution is 0.341. The van der Waals surface area contributed by atoms with E-state index in [9.17, 15) is 5.11 Å². The second-order valence-electron chi connectivity index (χ2n) is 7.51. The standard InChI is InChI=1S/C22H31NO2/c1-15-7-11-19(13-16(15)2)22(4,5)23-17(3)8-9-18-10-12-20(24)21(14-18)25-6/h7,10-14,17,23-24H,8-9H2,1-6H3. The summed E-state index contributed by atoms with van der Waals surface area (Å²) in [4.78, 5) is 0. The van der Waals surface area contributed by atoms with E-state index in [1.807, 2.05) is 12.1 Å². The first kappa shape index (κ1) is 19.3. The lowest BCUT2D eigenvalue weighted by Crippen LogP contribution is -2.42. The Morgan fingerprint density at radius 1 is 1.08 bits per heavy atom. The maximum atomic E-state index is 9.70. The molecule has 1 unspecified atom stereocenters. The average Bonchev–Trinajstić information content (AvgIpc) is 2.56. The minimum absolute atomic E-state index is 0.0788. The van der Waals surface area contributed by atoms with Gasteiger partial charge in [-0.05, 0) is 81.8 Å². The zero-order valence-electron chi connectivity index (χ0n) is 16.3. The lowest BCUT2D eigenvalue weighted by atomic mass is 9.90. The van der Waals surface area contributed by atoms with Gasteiger partial charge in [0.25, 0.3) is 0 Å². The van der Waals surface area contributed by atoms with Crippen LogP contribution in [-0.4, -0.2) is 18.3 Å². The van der Waals surface area contributed by atoms with E-state index < -0.39 is 0 Å². The van der Waals surface area contributed by atoms with E-state index in [1.165, 1.54) is 22.3 Å². The zero-order chi connectivity index (χ0) is 18.6. The topological polar surface area (TPSA) is 41.5 Å². The van der Waals surface area contributed by atoms with Gasteiger partial charge in [0, 0.05) is 11.6 Å². The van der Waals surface area contributed by atoms with Crippen molar-refractivity contribution >= 4 is 0 Å². The van der Waals surface area contributed by atoms with Gasteiger partial charge in [-0.25, -0.2) is 0 Å². The average molecular weight is 341 g/mol. The fourth-order valence-electron chi connectivity index (χ4n) is 3.16. The molecule has 0 aliphatic heterocycles. The Balaban J connectivity index is 1.98. The summed E-state index contributed by atoms with van der Waals surface area (Å²) >= 11 is 0. The van der Waals surface area contributed by atoms with Crippen LogP contribution in [0.3, 0.4) is 0 Å². The van der Waals surface area contributed by atoms with Crippen LogP contribution in [0.4, 0.5) is 0 Å². The van der Waals surface area contributed by atoms with E-state index in [2.05, 4.69) is 58.1 Å². The number of phenolic OH excluding ortho intramolecular Hbond substituents is 1. The monoisotopic (exact) mass is 341 g/mol. The van der Waals surface area contributed by atoms with Gasteiger partial charge in [0.2, 0.25) is 0 Å². The molecule has 2 rings (SSSR count). The van der Waals surface area contributed by atoms with Crippen molar-refractivity contribution in [1.29, 1.82) is 0 Å². The number of rotatable bonds is 7. The molecule has 0 saturated carbocycles. The van der Waals surface area contributed by atoms with Gasteiger partial charge in [-0.15, -0.1) is 0 Å². The fraction of sp³-hybridized carbons (Fsp3) is 0.455. The molecular formula is C22H31NO2. The molecule has 0 bridgehead atoms. The molecule has 2 aromatic rings. The van der Waals surface area contributed by atoms with Gasteiger partial charge in [0.15, 0.2) is 11.5 Å². The first-order chi connectivity index (χ1) is 11.7. The molecule has 1 atom stereocenters. The zero-order valence-corrected chi connectivity index (χ0v) is 16.3. The van der Waals surface area contributed by atoms with E-state index in [0.717, 1.165) is 12.8 Å². The highest BCUT2D eigenvalue weighted by Gasteiger charge is 2.22. The summed E-state index contributed by atoms with van der Waals surface area (Å²) in [7, 11) is 1.58. The van der Waals surface area contributed by atoms with Crippen LogP contribution in [0, 0.1) is 13.8 Å². The molecule has 0 saturated heterocycles. The summed E-state index contributed by atoms with van der Waals surface area (Å²) < 4.78 is 5.19. The van der Waals surface area contributed by atoms with Crippen LogP contribution in [0.1, 0.15) is 49.4 Å². The first-order valence-electron chi connectivity index (χ1n) is 8.94. The summed E-state index contributed by atoms with van der Waals surface area (Å²) in [5.74, 6) is 0.724. The van der Waals surface area contributed by atoms with E-state index in [0.29, 0.717) is 11.8 Å². The Kier molecular flexibility index (Phi) is 6.12. The number of benzene rings is 2. The number of ether oxygens (including phenoxy) is 1. The third-order valence-electron chi connectivity index (χ3n) is 4.95. The number of aryl methyl sites for hydroxylation is 3. The number of nitrogens with one attached hydrogen (secondary N) is 1. The Hall–Kier alpha value is -2.00. The maximum Gasteiger partial charge on any atom is 0.160 e. The summed E-state index contributed by atoms with van der Waals surface area (Å²) in [6.45, 7) is 11.0. The first-order valence-corrected chi connectivity index (χ1v) is 8.94. The molecule has 0 heterocycles. The molecule has 0 spiro atoms. The molecule has 25 heavy (non-hydrogen) atoms. The highest BCUT2D eigenvalue weighted by atomic mass is 16.5. The van der Waals surface area contributed by atoms with Crippen molar-refractivity contribution in [3.05, 3.63) is 58.7 Å². The van der Waals surface area contributed by atoms with Crippen LogP contribution >= 0.6 is 0 Å². The third-order valence-corrected chi connectivity index (χ3v) is 4.95. The highest BCUT2D eigenvalue weighted by molar-refractivity contribution is 5.41. The summed E-state index contributed by atoms with van der Waals surface area (Å²) in [6.07, 6.45) is 1.95. The van der Waals surface area contributed by atoms with Crippen molar-refractivity contribution in [2.75, 3.05) is 7.11 Å². The van der Waals surface area contributed by atoms with Crippen LogP contribution in [0.2, 0.25) is 0 Å². The molecule has 0 fully saturated rings. The fourth-order valence-corrected chi connectivity index (χ4v) is 3.16. The Labute approximate surface area is 152 Å². The van der Waals surface area contributed by atoms with E-state index in [4.69, 9.17) is 4.74 Å². The number of hydrogen-bond acceptors (Lipinski definition) is 3. The Bertz CT molecular complexity index is 722. The number of aromatic hydroxyl groups is 1. The number of phenols is 1. The van der Waals surface area contributed by atoms with Crippen LogP contribution in [0.25, 0.3) is 0 Å². The molecule has 0 amide bonds. The normalized spacial score (nSPS) is 12.9. The quantitative estimate of drug-likeness (QED) is 0.755. The predicted octanol–water partition coefficient (Wildman–Crippen LogP) is 4.86. The van der Waals surface area contributed by atoms with Gasteiger partial charge in [-0.1, -0.05) is 24.3 Å². The van der Waals surface area contributed by atoms with Gasteiger partial charge in [0.05, 0.1) is 7.11 Å². The van der Waals surface area contributed by atoms with Gasteiger partial charge < -0.3 is 15.2 Å². The largest absolute Gasteiger partial charge is 0.504 e. The van der Waals surface area contributed by atoms with Gasteiger partial charge in [-0.3, -0.25) is 0 Å². The smallest absolute Gasteiger partial charge is 0.160 e. The Morgan fingerprint density at radius 3 is 2.44 bits per heavy atom. The number of methoxy groups -OCH3 is 1. The summed E-state index contributed by atoms with van der Waals surface area (Å²) in [5.41, 5.74) is 5.07. The second kappa shape index (κ2) is 7.92. The van der Waals surface area contributed by atoms with Crippen LogP contribution < -0.4 is 10.1 Å². The predicted molar refractivity (Wildman–Crippen MR) is 105 cm³/mol. The van der Waals surface area contributed by atoms with Crippen LogP contribution in [0.5, 0.6) is 11.5 Å². The molecule has 136 valence electrons. The Morgan fingerprint density at radius 2 is 1.80 bits per heavy atom. The van der Waals surface area contributed by atoms with Crippen LogP contribution in [-0.2, 0) is 12.0 Å². The maximum absolute atomic E-state index is 9.70. The van der Waals surface area contributed by atoms with Crippen molar-refractivity contribution in [3.8, 4) is 11.5 Å². The summed E-state index contributed by atoms with van der Waals surface area (Å²) in [5, 5.41) is 13.4. The molecule has 2 N–H and O–H groups in total. The van der Waals surface area contributed by atoms with Crippen molar-refractivity contribution in [3.63, 3.8) is 0 Å².